The molecule has 7 heteroatoms. The van der Waals surface area contributed by atoms with Gasteiger partial charge in [0.05, 0.1) is 11.7 Å². The zero-order valence-corrected chi connectivity index (χ0v) is 17.4. The van der Waals surface area contributed by atoms with E-state index < -0.39 is 5.38 Å². The van der Waals surface area contributed by atoms with Crippen molar-refractivity contribution in [3.8, 4) is 0 Å². The fraction of sp³-hybridized carbons (Fsp3) is 0.619. The van der Waals surface area contributed by atoms with Gasteiger partial charge in [0.15, 0.2) is 0 Å². The van der Waals surface area contributed by atoms with Gasteiger partial charge in [-0.15, -0.1) is 11.6 Å². The Hall–Kier alpha value is -1.79. The number of hydrogen-bond donors (Lipinski definition) is 2. The van der Waals surface area contributed by atoms with Gasteiger partial charge in [-0.25, -0.2) is 0 Å². The summed E-state index contributed by atoms with van der Waals surface area (Å²) in [5, 5.41) is 5.14. The van der Waals surface area contributed by atoms with Gasteiger partial charge in [0.1, 0.15) is 5.38 Å². The van der Waals surface area contributed by atoms with Crippen LogP contribution in [-0.2, 0) is 9.53 Å². The van der Waals surface area contributed by atoms with Crippen LogP contribution in [0.4, 0.5) is 11.4 Å². The highest BCUT2D eigenvalue weighted by Gasteiger charge is 2.23. The Morgan fingerprint density at radius 1 is 1.29 bits per heavy atom. The summed E-state index contributed by atoms with van der Waals surface area (Å²) in [6, 6.07) is 5.50. The summed E-state index contributed by atoms with van der Waals surface area (Å²) in [7, 11) is 0. The molecule has 0 unspecified atom stereocenters. The largest absolute Gasteiger partial charge is 0.376 e. The monoisotopic (exact) mass is 407 g/mol. The lowest BCUT2D eigenvalue weighted by Gasteiger charge is -2.33. The molecule has 28 heavy (non-hydrogen) atoms. The Morgan fingerprint density at radius 3 is 2.68 bits per heavy atom. The Morgan fingerprint density at radius 2 is 2.04 bits per heavy atom. The number of carbonyl (C=O) groups is 2. The van der Waals surface area contributed by atoms with Crippen molar-refractivity contribution in [1.29, 1.82) is 0 Å². The normalized spacial score (nSPS) is 21.4. The molecule has 0 spiro atoms. The molecule has 2 aliphatic heterocycles. The summed E-state index contributed by atoms with van der Waals surface area (Å²) in [4.78, 5) is 27.2. The number of benzene rings is 1. The van der Waals surface area contributed by atoms with E-state index in [0.717, 1.165) is 51.1 Å². The first-order chi connectivity index (χ1) is 13.4. The lowest BCUT2D eigenvalue weighted by molar-refractivity contribution is -0.115. The van der Waals surface area contributed by atoms with Crippen molar-refractivity contribution in [3.05, 3.63) is 23.8 Å². The lowest BCUT2D eigenvalue weighted by Crippen LogP contribution is -2.36. The van der Waals surface area contributed by atoms with Gasteiger partial charge < -0.3 is 20.3 Å². The Balaban J connectivity index is 1.78. The van der Waals surface area contributed by atoms with Crippen molar-refractivity contribution in [2.45, 2.75) is 51.0 Å². The summed E-state index contributed by atoms with van der Waals surface area (Å²) < 4.78 is 5.60. The third-order valence-electron chi connectivity index (χ3n) is 5.51. The van der Waals surface area contributed by atoms with E-state index in [1.807, 2.05) is 12.1 Å². The van der Waals surface area contributed by atoms with Crippen LogP contribution in [0.15, 0.2) is 18.2 Å². The number of alkyl halides is 1. The van der Waals surface area contributed by atoms with Crippen LogP contribution in [0.5, 0.6) is 0 Å². The minimum absolute atomic E-state index is 0.0863. The first-order valence-electron chi connectivity index (χ1n) is 10.2. The van der Waals surface area contributed by atoms with Crippen molar-refractivity contribution >= 4 is 34.8 Å². The van der Waals surface area contributed by atoms with Gasteiger partial charge in [-0.05, 0) is 56.7 Å². The number of anilines is 2. The number of hydrogen-bond acceptors (Lipinski definition) is 4. The molecule has 3 rings (SSSR count). The molecule has 154 valence electrons. The van der Waals surface area contributed by atoms with Crippen LogP contribution in [0.1, 0.15) is 49.9 Å². The van der Waals surface area contributed by atoms with E-state index in [4.69, 9.17) is 16.3 Å². The van der Waals surface area contributed by atoms with Crippen molar-refractivity contribution in [2.24, 2.45) is 5.92 Å². The van der Waals surface area contributed by atoms with Crippen LogP contribution in [0.2, 0.25) is 0 Å². The highest BCUT2D eigenvalue weighted by molar-refractivity contribution is 6.32. The summed E-state index contributed by atoms with van der Waals surface area (Å²) in [6.07, 6.45) is 4.32. The third kappa shape index (κ3) is 5.39. The number of piperidine rings is 1. The van der Waals surface area contributed by atoms with Crippen molar-refractivity contribution < 1.29 is 14.3 Å². The van der Waals surface area contributed by atoms with Gasteiger partial charge in [0.25, 0.3) is 5.91 Å². The minimum Gasteiger partial charge on any atom is -0.376 e. The molecule has 0 aromatic heterocycles. The van der Waals surface area contributed by atoms with E-state index in [2.05, 4.69) is 22.5 Å². The molecular weight excluding hydrogens is 378 g/mol. The van der Waals surface area contributed by atoms with Gasteiger partial charge in [0.2, 0.25) is 5.91 Å². The highest BCUT2D eigenvalue weighted by atomic mass is 35.5. The second kappa shape index (κ2) is 9.61. The molecule has 6 nitrogen and oxygen atoms in total. The number of carbonyl (C=O) groups excluding carboxylic acids is 2. The standard InChI is InChI=1S/C21H30ClN3O3/c1-14-7-9-25(10-8-14)19-6-5-16(24-20(26)15(2)22)12-18(19)21(27)23-13-17-4-3-11-28-17/h5-6,12,14-15,17H,3-4,7-11,13H2,1-2H3,(H,23,27)(H,24,26)/t15-,17-/m0/s1. The molecule has 0 aliphatic carbocycles. The lowest BCUT2D eigenvalue weighted by atomic mass is 9.97. The zero-order chi connectivity index (χ0) is 20.1. The predicted molar refractivity (Wildman–Crippen MR) is 112 cm³/mol. The number of amides is 2. The van der Waals surface area contributed by atoms with E-state index in [1.54, 1.807) is 13.0 Å². The van der Waals surface area contributed by atoms with E-state index in [9.17, 15) is 9.59 Å². The average molecular weight is 408 g/mol. The fourth-order valence-electron chi connectivity index (χ4n) is 3.67. The number of rotatable bonds is 6. The molecule has 1 aromatic carbocycles. The first kappa shape index (κ1) is 20.9. The maximum absolute atomic E-state index is 13.0. The van der Waals surface area contributed by atoms with Crippen LogP contribution >= 0.6 is 11.6 Å². The summed E-state index contributed by atoms with van der Waals surface area (Å²) in [6.45, 7) is 7.00. The van der Waals surface area contributed by atoms with E-state index in [1.165, 1.54) is 0 Å². The van der Waals surface area contributed by atoms with Crippen LogP contribution in [-0.4, -0.2) is 49.5 Å². The number of nitrogens with zero attached hydrogens (tertiary/aromatic N) is 1. The van der Waals surface area contributed by atoms with E-state index in [0.29, 0.717) is 23.7 Å². The van der Waals surface area contributed by atoms with Gasteiger partial charge >= 0.3 is 0 Å². The van der Waals surface area contributed by atoms with Gasteiger partial charge in [-0.3, -0.25) is 9.59 Å². The fourth-order valence-corrected chi connectivity index (χ4v) is 3.72. The molecule has 0 radical (unpaired) electrons. The molecule has 2 fully saturated rings. The summed E-state index contributed by atoms with van der Waals surface area (Å²) in [5.41, 5.74) is 2.06. The van der Waals surface area contributed by atoms with Crippen LogP contribution < -0.4 is 15.5 Å². The van der Waals surface area contributed by atoms with Crippen LogP contribution in [0.25, 0.3) is 0 Å². The van der Waals surface area contributed by atoms with E-state index >= 15 is 0 Å². The molecule has 1 aromatic rings. The molecule has 2 aliphatic rings. The second-order valence-corrected chi connectivity index (χ2v) is 8.51. The van der Waals surface area contributed by atoms with Gasteiger partial charge in [-0.1, -0.05) is 6.92 Å². The van der Waals surface area contributed by atoms with Crippen LogP contribution in [0, 0.1) is 5.92 Å². The second-order valence-electron chi connectivity index (χ2n) is 7.85. The van der Waals surface area contributed by atoms with Crippen molar-refractivity contribution in [3.63, 3.8) is 0 Å². The molecule has 2 heterocycles. The van der Waals surface area contributed by atoms with Crippen molar-refractivity contribution in [1.82, 2.24) is 5.32 Å². The third-order valence-corrected chi connectivity index (χ3v) is 5.71. The molecule has 2 atom stereocenters. The summed E-state index contributed by atoms with van der Waals surface area (Å²) in [5.74, 6) is 0.280. The summed E-state index contributed by atoms with van der Waals surface area (Å²) >= 11 is 5.86. The Kier molecular flexibility index (Phi) is 7.18. The topological polar surface area (TPSA) is 70.7 Å². The van der Waals surface area contributed by atoms with Gasteiger partial charge in [0, 0.05) is 37.6 Å². The molecule has 0 saturated carbocycles. The molecule has 2 amide bonds. The van der Waals surface area contributed by atoms with Gasteiger partial charge in [-0.2, -0.15) is 0 Å². The Bertz CT molecular complexity index is 696. The quantitative estimate of drug-likeness (QED) is 0.709. The van der Waals surface area contributed by atoms with Crippen LogP contribution in [0.3, 0.4) is 0 Å². The smallest absolute Gasteiger partial charge is 0.253 e. The molecular formula is C21H30ClN3O3. The number of halogens is 1. The average Bonchev–Trinajstić information content (AvgIpc) is 3.20. The maximum Gasteiger partial charge on any atom is 0.253 e. The predicted octanol–water partition coefficient (Wildman–Crippen LogP) is 3.40. The zero-order valence-electron chi connectivity index (χ0n) is 16.7. The highest BCUT2D eigenvalue weighted by Crippen LogP contribution is 2.29. The number of ether oxygens (including phenoxy) is 1. The maximum atomic E-state index is 13.0. The van der Waals surface area contributed by atoms with Crippen molar-refractivity contribution in [2.75, 3.05) is 36.5 Å². The first-order valence-corrected chi connectivity index (χ1v) is 10.6. The van der Waals surface area contributed by atoms with E-state index in [-0.39, 0.29) is 17.9 Å². The molecule has 2 N–H and O–H groups in total. The Labute approximate surface area is 171 Å². The molecule has 0 bridgehead atoms. The molecule has 2 saturated heterocycles. The number of nitrogens with one attached hydrogen (secondary N) is 2. The minimum atomic E-state index is -0.639. The SMILES string of the molecule is CC1CCN(c2ccc(NC(=O)[C@H](C)Cl)cc2C(=O)NC[C@@H]2CCCO2)CC1.